The van der Waals surface area contributed by atoms with Gasteiger partial charge in [-0.25, -0.2) is 10.1 Å². The monoisotopic (exact) mass is 516 g/mol. The Labute approximate surface area is 218 Å². The molecule has 0 bridgehead atoms. The number of hydrazone groups is 1. The molecule has 0 radical (unpaired) electrons. The predicted molar refractivity (Wildman–Crippen MR) is 141 cm³/mol. The lowest BCUT2D eigenvalue weighted by atomic mass is 9.95. The number of phenols is 1. The van der Waals surface area contributed by atoms with Gasteiger partial charge in [-0.15, -0.1) is 0 Å². The normalized spacial score (nSPS) is 13.2. The average Bonchev–Trinajstić information content (AvgIpc) is 3.24. The minimum atomic E-state index is -0.903. The first kappa shape index (κ1) is 26.1. The lowest BCUT2D eigenvalue weighted by Crippen LogP contribution is -2.48. The van der Waals surface area contributed by atoms with Gasteiger partial charge in [0.05, 0.1) is 5.92 Å². The molecule has 6 N–H and O–H groups in total. The fourth-order valence-corrected chi connectivity index (χ4v) is 4.53. The number of rotatable bonds is 10. The summed E-state index contributed by atoms with van der Waals surface area (Å²) in [6.45, 7) is 0.428. The SMILES string of the molecule is NC(=N[N+](=O)[O-])NCCC[C@@H](NC(=O)C1c2ccccc2-c2ccccc21)C(=O)NCc1ccc(O)cc1. The molecule has 0 spiro atoms. The van der Waals surface area contributed by atoms with Gasteiger partial charge in [-0.2, -0.15) is 0 Å². The number of hydrogen-bond donors (Lipinski definition) is 5. The van der Waals surface area contributed by atoms with Crippen molar-refractivity contribution in [1.82, 2.24) is 16.0 Å². The van der Waals surface area contributed by atoms with Crippen molar-refractivity contribution in [1.29, 1.82) is 0 Å². The molecule has 196 valence electrons. The third-order valence-corrected chi connectivity index (χ3v) is 6.30. The molecule has 1 aliphatic rings. The second kappa shape index (κ2) is 11.9. The zero-order chi connectivity index (χ0) is 27.1. The molecule has 0 unspecified atom stereocenters. The lowest BCUT2D eigenvalue weighted by Gasteiger charge is -2.22. The molecule has 11 heteroatoms. The van der Waals surface area contributed by atoms with Crippen LogP contribution in [0, 0.1) is 10.1 Å². The van der Waals surface area contributed by atoms with E-state index in [1.807, 2.05) is 48.5 Å². The summed E-state index contributed by atoms with van der Waals surface area (Å²) in [5.74, 6) is -1.45. The Morgan fingerprint density at radius 3 is 2.18 bits per heavy atom. The van der Waals surface area contributed by atoms with Gasteiger partial charge in [0.15, 0.2) is 5.03 Å². The zero-order valence-electron chi connectivity index (χ0n) is 20.5. The van der Waals surface area contributed by atoms with Gasteiger partial charge >= 0.3 is 0 Å². The van der Waals surface area contributed by atoms with Gasteiger partial charge in [-0.1, -0.05) is 60.7 Å². The third kappa shape index (κ3) is 6.25. The zero-order valence-corrected chi connectivity index (χ0v) is 20.5. The van der Waals surface area contributed by atoms with E-state index in [4.69, 9.17) is 5.73 Å². The fraction of sp³-hybridized carbons (Fsp3) is 0.222. The molecule has 4 rings (SSSR count). The lowest BCUT2D eigenvalue weighted by molar-refractivity contribution is -0.485. The molecule has 0 aliphatic heterocycles. The first-order chi connectivity index (χ1) is 18.3. The maximum Gasteiger partial charge on any atom is 0.266 e. The molecule has 1 aliphatic carbocycles. The smallest absolute Gasteiger partial charge is 0.266 e. The van der Waals surface area contributed by atoms with Crippen molar-refractivity contribution in [3.63, 3.8) is 0 Å². The number of aromatic hydroxyl groups is 1. The molecule has 3 aromatic rings. The second-order valence-corrected chi connectivity index (χ2v) is 8.85. The van der Waals surface area contributed by atoms with Crippen LogP contribution in [0.25, 0.3) is 11.1 Å². The third-order valence-electron chi connectivity index (χ3n) is 6.30. The molecule has 0 aromatic heterocycles. The Kier molecular flexibility index (Phi) is 8.17. The van der Waals surface area contributed by atoms with E-state index < -0.39 is 17.0 Å². The number of carbonyl (C=O) groups is 2. The predicted octanol–water partition coefficient (Wildman–Crippen LogP) is 2.18. The number of phenolic OH excluding ortho intramolecular Hbond substituents is 1. The first-order valence-electron chi connectivity index (χ1n) is 12.1. The number of nitro groups is 1. The maximum absolute atomic E-state index is 13.6. The van der Waals surface area contributed by atoms with Crippen LogP contribution in [-0.2, 0) is 16.1 Å². The van der Waals surface area contributed by atoms with Crippen LogP contribution in [-0.4, -0.2) is 40.5 Å². The van der Waals surface area contributed by atoms with Crippen LogP contribution in [0.4, 0.5) is 0 Å². The van der Waals surface area contributed by atoms with Gasteiger partial charge in [0, 0.05) is 13.1 Å². The highest BCUT2D eigenvalue weighted by Gasteiger charge is 2.35. The van der Waals surface area contributed by atoms with Gasteiger partial charge in [-0.3, -0.25) is 9.59 Å². The summed E-state index contributed by atoms with van der Waals surface area (Å²) in [7, 11) is 0. The molecular formula is C27H28N6O5. The highest BCUT2D eigenvalue weighted by atomic mass is 16.7. The highest BCUT2D eigenvalue weighted by Crippen LogP contribution is 2.44. The number of amides is 2. The van der Waals surface area contributed by atoms with Crippen molar-refractivity contribution >= 4 is 17.8 Å². The largest absolute Gasteiger partial charge is 0.508 e. The Balaban J connectivity index is 1.48. The molecule has 0 fully saturated rings. The summed E-state index contributed by atoms with van der Waals surface area (Å²) in [6, 6.07) is 21.0. The van der Waals surface area contributed by atoms with Crippen molar-refractivity contribution in [3.8, 4) is 16.9 Å². The number of nitrogens with zero attached hydrogens (tertiary/aromatic N) is 2. The molecule has 11 nitrogen and oxygen atoms in total. The van der Waals surface area contributed by atoms with Gasteiger partial charge < -0.3 is 26.8 Å². The van der Waals surface area contributed by atoms with E-state index in [1.54, 1.807) is 12.1 Å². The van der Waals surface area contributed by atoms with Crippen LogP contribution in [0.3, 0.4) is 0 Å². The van der Waals surface area contributed by atoms with E-state index in [9.17, 15) is 24.8 Å². The number of nitrogens with two attached hydrogens (primary N) is 1. The molecule has 38 heavy (non-hydrogen) atoms. The minimum Gasteiger partial charge on any atom is -0.508 e. The highest BCUT2D eigenvalue weighted by molar-refractivity contribution is 5.98. The molecule has 0 saturated carbocycles. The first-order valence-corrected chi connectivity index (χ1v) is 12.1. The van der Waals surface area contributed by atoms with Crippen molar-refractivity contribution in [2.24, 2.45) is 10.8 Å². The standard InChI is InChI=1S/C27H28N6O5/c28-27(32-33(37)38)29-15-5-10-23(25(35)30-16-17-11-13-18(34)14-12-17)31-26(36)24-21-8-3-1-6-19(21)20-7-2-4-9-22(20)24/h1-4,6-9,11-14,23-24,34H,5,10,15-16H2,(H,30,35)(H,31,36)(H3,28,29,32)/t23-/m1/s1. The van der Waals surface area contributed by atoms with Crippen LogP contribution in [0.15, 0.2) is 77.9 Å². The van der Waals surface area contributed by atoms with E-state index in [0.717, 1.165) is 27.8 Å². The number of guanidine groups is 1. The van der Waals surface area contributed by atoms with Crippen molar-refractivity contribution in [2.75, 3.05) is 6.54 Å². The summed E-state index contributed by atoms with van der Waals surface area (Å²) >= 11 is 0. The van der Waals surface area contributed by atoms with Gasteiger partial charge in [0.25, 0.3) is 5.96 Å². The second-order valence-electron chi connectivity index (χ2n) is 8.85. The maximum atomic E-state index is 13.6. The molecule has 1 atom stereocenters. The number of benzene rings is 3. The summed E-state index contributed by atoms with van der Waals surface area (Å²) in [6.07, 6.45) is 0.630. The molecule has 2 amide bonds. The number of fused-ring (bicyclic) bond motifs is 3. The topological polar surface area (TPSA) is 172 Å². The van der Waals surface area contributed by atoms with Crippen molar-refractivity contribution in [3.05, 3.63) is 99.6 Å². The van der Waals surface area contributed by atoms with E-state index in [-0.39, 0.29) is 43.0 Å². The van der Waals surface area contributed by atoms with Gasteiger partial charge in [0.2, 0.25) is 11.8 Å². The number of carbonyl (C=O) groups excluding carboxylic acids is 2. The number of hydrogen-bond acceptors (Lipinski definition) is 5. The van der Waals surface area contributed by atoms with E-state index in [0.29, 0.717) is 6.42 Å². The quantitative estimate of drug-likeness (QED) is 0.0903. The van der Waals surface area contributed by atoms with Crippen LogP contribution in [0.1, 0.15) is 35.4 Å². The number of nitrogens with one attached hydrogen (secondary N) is 3. The molecule has 0 saturated heterocycles. The Hall–Kier alpha value is -4.93. The van der Waals surface area contributed by atoms with E-state index >= 15 is 0 Å². The van der Waals surface area contributed by atoms with E-state index in [2.05, 4.69) is 21.1 Å². The van der Waals surface area contributed by atoms with Crippen LogP contribution in [0.2, 0.25) is 0 Å². The Morgan fingerprint density at radius 1 is 0.974 bits per heavy atom. The van der Waals surface area contributed by atoms with Gasteiger partial charge in [0.1, 0.15) is 16.9 Å². The average molecular weight is 517 g/mol. The summed E-state index contributed by atoms with van der Waals surface area (Å²) in [4.78, 5) is 37.2. The Morgan fingerprint density at radius 2 is 1.58 bits per heavy atom. The van der Waals surface area contributed by atoms with Gasteiger partial charge in [-0.05, 0) is 52.8 Å². The summed E-state index contributed by atoms with van der Waals surface area (Å²) in [5.41, 5.74) is 9.97. The molecular weight excluding hydrogens is 488 g/mol. The van der Waals surface area contributed by atoms with Crippen LogP contribution in [0.5, 0.6) is 5.75 Å². The Bertz CT molecular complexity index is 1310. The van der Waals surface area contributed by atoms with Crippen molar-refractivity contribution in [2.45, 2.75) is 31.3 Å². The van der Waals surface area contributed by atoms with Crippen molar-refractivity contribution < 1.29 is 19.7 Å². The fourth-order valence-electron chi connectivity index (χ4n) is 4.53. The minimum absolute atomic E-state index is 0.120. The van der Waals surface area contributed by atoms with E-state index in [1.165, 1.54) is 12.1 Å². The summed E-state index contributed by atoms with van der Waals surface area (Å²) in [5, 5.41) is 30.4. The molecule has 0 heterocycles. The van der Waals surface area contributed by atoms with Crippen LogP contribution < -0.4 is 21.7 Å². The molecule has 3 aromatic carbocycles. The summed E-state index contributed by atoms with van der Waals surface area (Å²) < 4.78 is 0. The van der Waals surface area contributed by atoms with Crippen LogP contribution >= 0.6 is 0 Å².